The zero-order valence-corrected chi connectivity index (χ0v) is 15.0. The van der Waals surface area contributed by atoms with Gasteiger partial charge in [-0.15, -0.1) is 11.3 Å². The van der Waals surface area contributed by atoms with Crippen molar-refractivity contribution in [2.75, 3.05) is 6.54 Å². The molecule has 1 heterocycles. The molecule has 0 aliphatic rings. The molecule has 1 N–H and O–H groups in total. The SMILES string of the molecule is CC(C)CCNC(C)(Cc1cccs1)C(=O)OC(C)(C)C. The van der Waals surface area contributed by atoms with Gasteiger partial charge >= 0.3 is 5.97 Å². The number of carbonyl (C=O) groups is 1. The van der Waals surface area contributed by atoms with E-state index in [2.05, 4.69) is 25.2 Å². The molecule has 0 aliphatic carbocycles. The van der Waals surface area contributed by atoms with Crippen molar-refractivity contribution in [1.29, 1.82) is 0 Å². The minimum absolute atomic E-state index is 0.174. The smallest absolute Gasteiger partial charge is 0.326 e. The van der Waals surface area contributed by atoms with Gasteiger partial charge in [0, 0.05) is 11.3 Å². The molecule has 4 heteroatoms. The van der Waals surface area contributed by atoms with Crippen LogP contribution in [-0.4, -0.2) is 23.7 Å². The van der Waals surface area contributed by atoms with Crippen molar-refractivity contribution in [3.05, 3.63) is 22.4 Å². The second-order valence-electron chi connectivity index (χ2n) is 7.20. The first-order valence-corrected chi connectivity index (χ1v) is 8.51. The van der Waals surface area contributed by atoms with Crippen LogP contribution in [0.3, 0.4) is 0 Å². The molecule has 1 unspecified atom stereocenters. The molecule has 0 aromatic carbocycles. The highest BCUT2D eigenvalue weighted by atomic mass is 32.1. The van der Waals surface area contributed by atoms with E-state index in [0.717, 1.165) is 13.0 Å². The van der Waals surface area contributed by atoms with Crippen LogP contribution in [0.15, 0.2) is 17.5 Å². The minimum Gasteiger partial charge on any atom is -0.459 e. The van der Waals surface area contributed by atoms with Crippen LogP contribution in [-0.2, 0) is 16.0 Å². The predicted molar refractivity (Wildman–Crippen MR) is 89.7 cm³/mol. The summed E-state index contributed by atoms with van der Waals surface area (Å²) < 4.78 is 5.61. The first kappa shape index (κ1) is 18.2. The molecule has 0 radical (unpaired) electrons. The molecule has 0 bridgehead atoms. The number of rotatable bonds is 7. The highest BCUT2D eigenvalue weighted by molar-refractivity contribution is 7.09. The average Bonchev–Trinajstić information content (AvgIpc) is 2.78. The van der Waals surface area contributed by atoms with Crippen LogP contribution in [0.1, 0.15) is 52.8 Å². The van der Waals surface area contributed by atoms with Crippen molar-refractivity contribution in [3.63, 3.8) is 0 Å². The topological polar surface area (TPSA) is 38.3 Å². The van der Waals surface area contributed by atoms with E-state index in [1.165, 1.54) is 4.88 Å². The zero-order valence-electron chi connectivity index (χ0n) is 14.2. The Morgan fingerprint density at radius 3 is 2.48 bits per heavy atom. The van der Waals surface area contributed by atoms with Crippen molar-refractivity contribution in [2.24, 2.45) is 5.92 Å². The normalized spacial score (nSPS) is 15.0. The zero-order chi connectivity index (χ0) is 16.1. The Hall–Kier alpha value is -0.870. The summed E-state index contributed by atoms with van der Waals surface area (Å²) in [5.74, 6) is 0.439. The predicted octanol–water partition coefficient (Wildman–Crippen LogP) is 4.03. The van der Waals surface area contributed by atoms with E-state index in [0.29, 0.717) is 12.3 Å². The number of hydrogen-bond acceptors (Lipinski definition) is 4. The third-order valence-corrected chi connectivity index (χ3v) is 4.07. The number of thiophene rings is 1. The molecule has 1 aromatic rings. The molecule has 120 valence electrons. The van der Waals surface area contributed by atoms with Crippen LogP contribution in [0.5, 0.6) is 0 Å². The first-order chi connectivity index (χ1) is 9.62. The first-order valence-electron chi connectivity index (χ1n) is 7.63. The highest BCUT2D eigenvalue weighted by Crippen LogP contribution is 2.22. The van der Waals surface area contributed by atoms with Gasteiger partial charge in [-0.1, -0.05) is 19.9 Å². The summed E-state index contributed by atoms with van der Waals surface area (Å²) in [6.45, 7) is 12.9. The summed E-state index contributed by atoms with van der Waals surface area (Å²) >= 11 is 1.68. The Balaban J connectivity index is 2.79. The molecule has 1 aromatic heterocycles. The summed E-state index contributed by atoms with van der Waals surface area (Å²) in [7, 11) is 0. The molecule has 21 heavy (non-hydrogen) atoms. The van der Waals surface area contributed by atoms with E-state index < -0.39 is 11.1 Å². The van der Waals surface area contributed by atoms with Gasteiger partial charge in [0.15, 0.2) is 0 Å². The fourth-order valence-corrected chi connectivity index (χ4v) is 2.86. The minimum atomic E-state index is -0.674. The molecule has 1 atom stereocenters. The van der Waals surface area contributed by atoms with Gasteiger partial charge in [0.2, 0.25) is 0 Å². The van der Waals surface area contributed by atoms with E-state index in [-0.39, 0.29) is 5.97 Å². The fraction of sp³-hybridized carbons (Fsp3) is 0.706. The van der Waals surface area contributed by atoms with Crippen LogP contribution >= 0.6 is 11.3 Å². The van der Waals surface area contributed by atoms with E-state index in [4.69, 9.17) is 4.74 Å². The van der Waals surface area contributed by atoms with Crippen LogP contribution < -0.4 is 5.32 Å². The van der Waals surface area contributed by atoms with Crippen LogP contribution in [0.2, 0.25) is 0 Å². The maximum Gasteiger partial charge on any atom is 0.326 e. The average molecular weight is 311 g/mol. The Morgan fingerprint density at radius 1 is 1.33 bits per heavy atom. The summed E-state index contributed by atoms with van der Waals surface area (Å²) in [5, 5.41) is 5.46. The largest absolute Gasteiger partial charge is 0.459 e. The number of carbonyl (C=O) groups excluding carboxylic acids is 1. The Labute approximate surface area is 133 Å². The molecular formula is C17H29NO2S. The van der Waals surface area contributed by atoms with Crippen molar-refractivity contribution >= 4 is 17.3 Å². The summed E-state index contributed by atoms with van der Waals surface area (Å²) in [6, 6.07) is 4.08. The van der Waals surface area contributed by atoms with Crippen LogP contribution in [0.25, 0.3) is 0 Å². The number of esters is 1. The highest BCUT2D eigenvalue weighted by Gasteiger charge is 2.37. The molecule has 0 saturated heterocycles. The number of hydrogen-bond donors (Lipinski definition) is 1. The monoisotopic (exact) mass is 311 g/mol. The molecule has 0 amide bonds. The maximum absolute atomic E-state index is 12.6. The summed E-state index contributed by atoms with van der Waals surface area (Å²) in [6.07, 6.45) is 1.71. The lowest BCUT2D eigenvalue weighted by Crippen LogP contribution is -2.54. The molecule has 0 fully saturated rings. The Kier molecular flexibility index (Phi) is 6.41. The van der Waals surface area contributed by atoms with Gasteiger partial charge in [0.1, 0.15) is 11.1 Å². The van der Waals surface area contributed by atoms with Gasteiger partial charge in [-0.2, -0.15) is 0 Å². The molecule has 0 saturated carbocycles. The van der Waals surface area contributed by atoms with Crippen molar-refractivity contribution in [1.82, 2.24) is 5.32 Å². The molecule has 3 nitrogen and oxygen atoms in total. The van der Waals surface area contributed by atoms with Gasteiger partial charge in [-0.05, 0) is 58.0 Å². The van der Waals surface area contributed by atoms with Gasteiger partial charge in [0.25, 0.3) is 0 Å². The molecule has 0 aliphatic heterocycles. The van der Waals surface area contributed by atoms with Crippen LogP contribution in [0.4, 0.5) is 0 Å². The number of nitrogens with one attached hydrogen (secondary N) is 1. The third-order valence-electron chi connectivity index (χ3n) is 3.19. The van der Waals surface area contributed by atoms with Crippen molar-refractivity contribution < 1.29 is 9.53 Å². The number of ether oxygens (including phenoxy) is 1. The van der Waals surface area contributed by atoms with E-state index in [9.17, 15) is 4.79 Å². The molecule has 1 rings (SSSR count). The van der Waals surface area contributed by atoms with Gasteiger partial charge in [-0.3, -0.25) is 4.79 Å². The van der Waals surface area contributed by atoms with E-state index in [1.54, 1.807) is 11.3 Å². The lowest BCUT2D eigenvalue weighted by Gasteiger charge is -2.32. The Morgan fingerprint density at radius 2 is 2.00 bits per heavy atom. The van der Waals surface area contributed by atoms with Crippen LogP contribution in [0, 0.1) is 5.92 Å². The van der Waals surface area contributed by atoms with Gasteiger partial charge < -0.3 is 10.1 Å². The quantitative estimate of drug-likeness (QED) is 0.773. The third kappa shape index (κ3) is 6.62. The second kappa shape index (κ2) is 7.41. The van der Waals surface area contributed by atoms with Gasteiger partial charge in [-0.25, -0.2) is 0 Å². The van der Waals surface area contributed by atoms with E-state index in [1.807, 2.05) is 39.1 Å². The lowest BCUT2D eigenvalue weighted by atomic mass is 9.95. The Bertz CT molecular complexity index is 434. The van der Waals surface area contributed by atoms with Crippen molar-refractivity contribution in [2.45, 2.75) is 65.5 Å². The second-order valence-corrected chi connectivity index (χ2v) is 8.23. The maximum atomic E-state index is 12.6. The van der Waals surface area contributed by atoms with E-state index >= 15 is 0 Å². The summed E-state index contributed by atoms with van der Waals surface area (Å²) in [4.78, 5) is 13.8. The molecular weight excluding hydrogens is 282 g/mol. The van der Waals surface area contributed by atoms with Gasteiger partial charge in [0.05, 0.1) is 0 Å². The fourth-order valence-electron chi connectivity index (χ4n) is 2.00. The summed E-state index contributed by atoms with van der Waals surface area (Å²) in [5.41, 5.74) is -1.14. The standard InChI is InChI=1S/C17H29NO2S/c1-13(2)9-10-18-17(6,12-14-8-7-11-21-14)15(19)20-16(3,4)5/h7-8,11,13,18H,9-10,12H2,1-6H3. The molecule has 0 spiro atoms. The lowest BCUT2D eigenvalue weighted by molar-refractivity contribution is -0.162. The van der Waals surface area contributed by atoms with Crippen molar-refractivity contribution in [3.8, 4) is 0 Å².